The predicted octanol–water partition coefficient (Wildman–Crippen LogP) is 3.01. The minimum absolute atomic E-state index is 0.224. The highest BCUT2D eigenvalue weighted by Gasteiger charge is 2.33. The fourth-order valence-electron chi connectivity index (χ4n) is 0.717. The fourth-order valence-corrected chi connectivity index (χ4v) is 1.03. The topological polar surface area (TPSA) is 22.1 Å². The molecule has 1 aromatic rings. The van der Waals surface area contributed by atoms with Crippen LogP contribution in [0, 0.1) is 5.82 Å². The van der Waals surface area contributed by atoms with Crippen molar-refractivity contribution in [3.05, 3.63) is 23.6 Å². The highest BCUT2D eigenvalue weighted by atomic mass is 79.9. The molecule has 0 amide bonds. The molecule has 78 valence electrons. The van der Waals surface area contributed by atoms with Crippen molar-refractivity contribution in [2.45, 2.75) is 11.7 Å². The monoisotopic (exact) mass is 273 g/mol. The van der Waals surface area contributed by atoms with Gasteiger partial charge in [0, 0.05) is 5.33 Å². The minimum atomic E-state index is -4.93. The predicted molar refractivity (Wildman–Crippen MR) is 43.5 cm³/mol. The second kappa shape index (κ2) is 4.12. The van der Waals surface area contributed by atoms with Gasteiger partial charge in [0.1, 0.15) is 0 Å². The van der Waals surface area contributed by atoms with Gasteiger partial charge < -0.3 is 4.74 Å². The summed E-state index contributed by atoms with van der Waals surface area (Å²) in [5.74, 6) is -2.21. The third-order valence-electron chi connectivity index (χ3n) is 1.22. The molecule has 0 aliphatic carbocycles. The van der Waals surface area contributed by atoms with Crippen molar-refractivity contribution in [3.63, 3.8) is 0 Å². The molecule has 0 unspecified atom stereocenters. The third kappa shape index (κ3) is 3.13. The molecule has 1 rings (SSSR count). The van der Waals surface area contributed by atoms with E-state index >= 15 is 0 Å². The molecule has 0 saturated carbocycles. The molecular formula is C7H4BrF4NO. The van der Waals surface area contributed by atoms with Crippen LogP contribution in [0.15, 0.2) is 12.1 Å². The van der Waals surface area contributed by atoms with Gasteiger partial charge in [0.15, 0.2) is 5.82 Å². The summed E-state index contributed by atoms with van der Waals surface area (Å²) in [6, 6.07) is 2.12. The van der Waals surface area contributed by atoms with Crippen LogP contribution in [0.25, 0.3) is 0 Å². The molecule has 0 saturated heterocycles. The molecule has 0 aromatic carbocycles. The van der Waals surface area contributed by atoms with Crippen LogP contribution >= 0.6 is 15.9 Å². The maximum absolute atomic E-state index is 12.7. The van der Waals surface area contributed by atoms with Crippen molar-refractivity contribution in [3.8, 4) is 5.88 Å². The van der Waals surface area contributed by atoms with Gasteiger partial charge in [0.25, 0.3) is 5.88 Å². The Kier molecular flexibility index (Phi) is 3.30. The normalized spacial score (nSPS) is 11.5. The average molecular weight is 274 g/mol. The highest BCUT2D eigenvalue weighted by molar-refractivity contribution is 9.08. The van der Waals surface area contributed by atoms with E-state index in [2.05, 4.69) is 25.7 Å². The van der Waals surface area contributed by atoms with Gasteiger partial charge in [0.2, 0.25) is 0 Å². The molecule has 0 aliphatic heterocycles. The highest BCUT2D eigenvalue weighted by Crippen LogP contribution is 2.23. The van der Waals surface area contributed by atoms with E-state index < -0.39 is 18.1 Å². The summed E-state index contributed by atoms with van der Waals surface area (Å²) in [4.78, 5) is 3.31. The van der Waals surface area contributed by atoms with Crippen LogP contribution in [0.4, 0.5) is 17.6 Å². The second-order valence-electron chi connectivity index (χ2n) is 2.27. The number of pyridine rings is 1. The molecule has 0 atom stereocenters. The maximum Gasteiger partial charge on any atom is 0.574 e. The van der Waals surface area contributed by atoms with Gasteiger partial charge >= 0.3 is 6.36 Å². The van der Waals surface area contributed by atoms with Crippen LogP contribution in [-0.2, 0) is 5.33 Å². The van der Waals surface area contributed by atoms with Crippen molar-refractivity contribution < 1.29 is 22.3 Å². The fraction of sp³-hybridized carbons (Fsp3) is 0.286. The standard InChI is InChI=1S/C7H4BrF4NO/c8-3-4-1-2-5(9)6(13-4)14-7(10,11)12/h1-2H,3H2. The first-order valence-corrected chi connectivity index (χ1v) is 4.51. The Bertz CT molecular complexity index is 328. The zero-order valence-electron chi connectivity index (χ0n) is 6.61. The van der Waals surface area contributed by atoms with Crippen LogP contribution in [0.3, 0.4) is 0 Å². The van der Waals surface area contributed by atoms with E-state index in [1.807, 2.05) is 0 Å². The summed E-state index contributed by atoms with van der Waals surface area (Å²) >= 11 is 2.97. The number of ether oxygens (including phenoxy) is 1. The molecule has 0 bridgehead atoms. The molecular weight excluding hydrogens is 270 g/mol. The molecule has 0 N–H and O–H groups in total. The summed E-state index contributed by atoms with van der Waals surface area (Å²) in [5.41, 5.74) is 0.255. The van der Waals surface area contributed by atoms with Gasteiger partial charge in [-0.25, -0.2) is 9.37 Å². The zero-order chi connectivity index (χ0) is 10.8. The van der Waals surface area contributed by atoms with Gasteiger partial charge in [-0.15, -0.1) is 13.2 Å². The first kappa shape index (κ1) is 11.2. The Morgan fingerprint density at radius 3 is 2.50 bits per heavy atom. The Hall–Kier alpha value is -0.850. The van der Waals surface area contributed by atoms with E-state index in [0.717, 1.165) is 6.07 Å². The second-order valence-corrected chi connectivity index (χ2v) is 2.83. The Labute approximate surface area is 85.0 Å². The lowest BCUT2D eigenvalue weighted by atomic mass is 10.4. The van der Waals surface area contributed by atoms with Crippen molar-refractivity contribution in [2.24, 2.45) is 0 Å². The van der Waals surface area contributed by atoms with Crippen LogP contribution in [0.1, 0.15) is 5.69 Å². The van der Waals surface area contributed by atoms with Crippen molar-refractivity contribution >= 4 is 15.9 Å². The summed E-state index contributed by atoms with van der Waals surface area (Å²) in [6.45, 7) is 0. The van der Waals surface area contributed by atoms with Gasteiger partial charge in [-0.05, 0) is 12.1 Å². The summed E-state index contributed by atoms with van der Waals surface area (Å²) < 4.78 is 51.3. The van der Waals surface area contributed by atoms with Crippen molar-refractivity contribution in [1.82, 2.24) is 4.98 Å². The number of nitrogens with zero attached hydrogens (tertiary/aromatic N) is 1. The molecule has 0 spiro atoms. The number of halogens is 5. The number of hydrogen-bond acceptors (Lipinski definition) is 2. The molecule has 14 heavy (non-hydrogen) atoms. The SMILES string of the molecule is Fc1ccc(CBr)nc1OC(F)(F)F. The molecule has 0 radical (unpaired) electrons. The number of aromatic nitrogens is 1. The molecule has 0 fully saturated rings. The zero-order valence-corrected chi connectivity index (χ0v) is 8.19. The molecule has 7 heteroatoms. The molecule has 1 aromatic heterocycles. The van der Waals surface area contributed by atoms with E-state index in [-0.39, 0.29) is 11.0 Å². The minimum Gasteiger partial charge on any atom is -0.385 e. The lowest BCUT2D eigenvalue weighted by Gasteiger charge is -2.08. The van der Waals surface area contributed by atoms with E-state index in [4.69, 9.17) is 0 Å². The number of alkyl halides is 4. The van der Waals surface area contributed by atoms with Gasteiger partial charge in [0.05, 0.1) is 5.69 Å². The van der Waals surface area contributed by atoms with Gasteiger partial charge in [-0.3, -0.25) is 0 Å². The van der Waals surface area contributed by atoms with E-state index in [1.54, 1.807) is 0 Å². The van der Waals surface area contributed by atoms with Crippen LogP contribution < -0.4 is 4.74 Å². The van der Waals surface area contributed by atoms with E-state index in [0.29, 0.717) is 0 Å². The summed E-state index contributed by atoms with van der Waals surface area (Å²) in [6.07, 6.45) is -4.93. The first-order valence-electron chi connectivity index (χ1n) is 3.39. The van der Waals surface area contributed by atoms with Crippen molar-refractivity contribution in [2.75, 3.05) is 0 Å². The Morgan fingerprint density at radius 1 is 1.36 bits per heavy atom. The maximum atomic E-state index is 12.7. The van der Waals surface area contributed by atoms with Crippen LogP contribution in [0.2, 0.25) is 0 Å². The molecule has 0 aliphatic rings. The lowest BCUT2D eigenvalue weighted by molar-refractivity contribution is -0.277. The summed E-state index contributed by atoms with van der Waals surface area (Å²) in [5, 5.41) is 0.224. The molecule has 1 heterocycles. The van der Waals surface area contributed by atoms with E-state index in [1.165, 1.54) is 6.07 Å². The Morgan fingerprint density at radius 2 is 2.00 bits per heavy atom. The van der Waals surface area contributed by atoms with E-state index in [9.17, 15) is 17.6 Å². The third-order valence-corrected chi connectivity index (χ3v) is 1.80. The quantitative estimate of drug-likeness (QED) is 0.611. The van der Waals surface area contributed by atoms with Gasteiger partial charge in [-0.2, -0.15) is 0 Å². The first-order chi connectivity index (χ1) is 6.42. The largest absolute Gasteiger partial charge is 0.574 e. The van der Waals surface area contributed by atoms with Gasteiger partial charge in [-0.1, -0.05) is 15.9 Å². The number of rotatable bonds is 2. The van der Waals surface area contributed by atoms with Crippen LogP contribution in [-0.4, -0.2) is 11.3 Å². The van der Waals surface area contributed by atoms with Crippen LogP contribution in [0.5, 0.6) is 5.88 Å². The van der Waals surface area contributed by atoms with Crippen molar-refractivity contribution in [1.29, 1.82) is 0 Å². The average Bonchev–Trinajstić information content (AvgIpc) is 2.06. The summed E-state index contributed by atoms with van der Waals surface area (Å²) in [7, 11) is 0. The Balaban J connectivity index is 2.95. The smallest absolute Gasteiger partial charge is 0.385 e. The number of hydrogen-bond donors (Lipinski definition) is 0. The molecule has 2 nitrogen and oxygen atoms in total. The lowest BCUT2D eigenvalue weighted by Crippen LogP contribution is -2.19.